The molecular formula is C30H24ClN3O5S2. The highest BCUT2D eigenvalue weighted by Gasteiger charge is 2.56. The lowest BCUT2D eigenvalue weighted by molar-refractivity contribution is -0.122. The van der Waals surface area contributed by atoms with E-state index in [2.05, 4.69) is 5.32 Å². The van der Waals surface area contributed by atoms with Crippen LogP contribution in [0.5, 0.6) is 5.75 Å². The van der Waals surface area contributed by atoms with Gasteiger partial charge in [-0.15, -0.1) is 0 Å². The number of thiazole rings is 1. The Labute approximate surface area is 248 Å². The van der Waals surface area contributed by atoms with Crippen LogP contribution in [0.15, 0.2) is 82.6 Å². The van der Waals surface area contributed by atoms with Gasteiger partial charge in [0.05, 0.1) is 23.7 Å². The number of aryl methyl sites for hydroxylation is 1. The van der Waals surface area contributed by atoms with Gasteiger partial charge in [-0.2, -0.15) is 0 Å². The Morgan fingerprint density at radius 1 is 0.976 bits per heavy atom. The molecule has 2 aliphatic rings. The van der Waals surface area contributed by atoms with Crippen molar-refractivity contribution in [3.8, 4) is 5.75 Å². The first kappa shape index (κ1) is 27.3. The molecule has 3 atom stereocenters. The number of rotatable bonds is 6. The number of para-hydroxylation sites is 1. The van der Waals surface area contributed by atoms with Gasteiger partial charge in [-0.05, 0) is 60.5 Å². The molecular weight excluding hydrogens is 582 g/mol. The fourth-order valence-corrected chi connectivity index (χ4v) is 8.22. The van der Waals surface area contributed by atoms with Crippen molar-refractivity contribution in [1.29, 1.82) is 0 Å². The number of anilines is 2. The first-order valence-electron chi connectivity index (χ1n) is 12.8. The van der Waals surface area contributed by atoms with Gasteiger partial charge in [0.25, 0.3) is 0 Å². The summed E-state index contributed by atoms with van der Waals surface area (Å²) in [5, 5.41) is 3.15. The number of imide groups is 1. The van der Waals surface area contributed by atoms with E-state index in [1.54, 1.807) is 49.6 Å². The van der Waals surface area contributed by atoms with Gasteiger partial charge in [-0.25, -0.2) is 4.90 Å². The number of carbonyl (C=O) groups excluding carboxylic acids is 3. The molecule has 1 saturated heterocycles. The summed E-state index contributed by atoms with van der Waals surface area (Å²) in [6, 6.07) is 21.2. The molecule has 4 aromatic rings. The Balaban J connectivity index is 1.40. The van der Waals surface area contributed by atoms with Gasteiger partial charge in [-0.3, -0.25) is 23.7 Å². The highest BCUT2D eigenvalue weighted by atomic mass is 35.5. The summed E-state index contributed by atoms with van der Waals surface area (Å²) in [6.45, 7) is 1.67. The third-order valence-corrected chi connectivity index (χ3v) is 10.2. The van der Waals surface area contributed by atoms with Crippen LogP contribution in [-0.2, 0) is 20.9 Å². The van der Waals surface area contributed by atoms with Crippen LogP contribution >= 0.6 is 34.7 Å². The van der Waals surface area contributed by atoms with Crippen LogP contribution in [0.1, 0.15) is 21.9 Å². The molecule has 0 bridgehead atoms. The normalized spacial score (nSPS) is 19.6. The number of halogens is 1. The smallest absolute Gasteiger partial charge is 0.308 e. The van der Waals surface area contributed by atoms with Gasteiger partial charge in [-0.1, -0.05) is 65.0 Å². The lowest BCUT2D eigenvalue weighted by Gasteiger charge is -2.30. The average molecular weight is 606 g/mol. The van der Waals surface area contributed by atoms with Crippen LogP contribution in [-0.4, -0.2) is 34.6 Å². The minimum Gasteiger partial charge on any atom is -0.497 e. The van der Waals surface area contributed by atoms with E-state index in [0.717, 1.165) is 22.5 Å². The van der Waals surface area contributed by atoms with Crippen LogP contribution < -0.4 is 19.8 Å². The minimum absolute atomic E-state index is 0.221. The molecule has 6 rings (SSSR count). The highest BCUT2D eigenvalue weighted by Crippen LogP contribution is 2.54. The second kappa shape index (κ2) is 10.8. The molecule has 3 heterocycles. The molecule has 2 unspecified atom stereocenters. The van der Waals surface area contributed by atoms with E-state index < -0.39 is 17.1 Å². The van der Waals surface area contributed by atoms with E-state index in [0.29, 0.717) is 32.1 Å². The van der Waals surface area contributed by atoms with Crippen LogP contribution in [0.25, 0.3) is 0 Å². The maximum absolute atomic E-state index is 14.0. The molecule has 2 aliphatic heterocycles. The molecule has 0 spiro atoms. The van der Waals surface area contributed by atoms with E-state index >= 15 is 0 Å². The van der Waals surface area contributed by atoms with Gasteiger partial charge in [0, 0.05) is 21.5 Å². The number of methoxy groups -OCH3 is 1. The van der Waals surface area contributed by atoms with Crippen molar-refractivity contribution < 1.29 is 19.1 Å². The molecule has 0 aliphatic carbocycles. The number of hydrogen-bond donors (Lipinski definition) is 1. The Hall–Kier alpha value is -3.86. The molecule has 3 amide bonds. The second-order valence-corrected chi connectivity index (χ2v) is 12.3. The molecule has 1 aromatic heterocycles. The Morgan fingerprint density at radius 2 is 1.68 bits per heavy atom. The van der Waals surface area contributed by atoms with E-state index in [4.69, 9.17) is 16.3 Å². The lowest BCUT2D eigenvalue weighted by atomic mass is 9.83. The molecule has 11 heteroatoms. The van der Waals surface area contributed by atoms with Crippen molar-refractivity contribution in [2.75, 3.05) is 17.3 Å². The van der Waals surface area contributed by atoms with Crippen molar-refractivity contribution in [3.63, 3.8) is 0 Å². The SMILES string of the molecule is COc1ccc(N2C(=O)C3Sc4c(sc(=O)n4CC(=O)Nc4ccccc4C)[C@H](c4ccc(Cl)cc4)C3C2=O)cc1. The number of carbonyl (C=O) groups is 3. The number of nitrogens with one attached hydrogen (secondary N) is 1. The quantitative estimate of drug-likeness (QED) is 0.299. The monoisotopic (exact) mass is 605 g/mol. The Morgan fingerprint density at radius 3 is 2.37 bits per heavy atom. The van der Waals surface area contributed by atoms with Gasteiger partial charge >= 0.3 is 4.87 Å². The number of fused-ring (bicyclic) bond motifs is 2. The number of benzene rings is 3. The van der Waals surface area contributed by atoms with Gasteiger partial charge in [0.1, 0.15) is 17.5 Å². The maximum Gasteiger partial charge on any atom is 0.308 e. The number of nitrogens with zero attached hydrogens (tertiary/aromatic N) is 2. The van der Waals surface area contributed by atoms with E-state index in [1.165, 1.54) is 21.2 Å². The largest absolute Gasteiger partial charge is 0.497 e. The lowest BCUT2D eigenvalue weighted by Crippen LogP contribution is -2.33. The molecule has 0 radical (unpaired) electrons. The standard InChI is InChI=1S/C30H24ClN3O5S2/c1-16-5-3-4-6-21(16)32-22(35)15-33-29-26(41-30(33)38)23(17-7-9-18(31)10-8-17)24-25(40-29)28(37)34(27(24)36)19-11-13-20(39-2)14-12-19/h3-14,23-25H,15H2,1-2H3,(H,32,35)/t23-,24?,25?/m1/s1. The van der Waals surface area contributed by atoms with Crippen molar-refractivity contribution in [3.05, 3.63) is 103 Å². The van der Waals surface area contributed by atoms with Crippen molar-refractivity contribution in [2.24, 2.45) is 5.92 Å². The number of aromatic nitrogens is 1. The van der Waals surface area contributed by atoms with Crippen LogP contribution in [0.3, 0.4) is 0 Å². The summed E-state index contributed by atoms with van der Waals surface area (Å²) in [7, 11) is 1.54. The van der Waals surface area contributed by atoms with Gasteiger partial charge in [0.15, 0.2) is 0 Å². The predicted molar refractivity (Wildman–Crippen MR) is 160 cm³/mol. The number of amides is 3. The summed E-state index contributed by atoms with van der Waals surface area (Å²) in [5.41, 5.74) is 2.77. The fraction of sp³-hybridized carbons (Fsp3) is 0.200. The zero-order valence-electron chi connectivity index (χ0n) is 22.0. The average Bonchev–Trinajstić information content (AvgIpc) is 3.41. The topological polar surface area (TPSA) is 97.7 Å². The number of thioether (sulfide) groups is 1. The maximum atomic E-state index is 14.0. The van der Waals surface area contributed by atoms with E-state index in [-0.39, 0.29) is 29.1 Å². The number of ether oxygens (including phenoxy) is 1. The van der Waals surface area contributed by atoms with Gasteiger partial charge in [0.2, 0.25) is 17.7 Å². The zero-order chi connectivity index (χ0) is 28.8. The van der Waals surface area contributed by atoms with Crippen molar-refractivity contribution in [2.45, 2.75) is 29.7 Å². The van der Waals surface area contributed by atoms with Crippen LogP contribution in [0, 0.1) is 12.8 Å². The molecule has 0 saturated carbocycles. The number of hydrogen-bond acceptors (Lipinski definition) is 7. The van der Waals surface area contributed by atoms with Gasteiger partial charge < -0.3 is 10.1 Å². The minimum atomic E-state index is -0.780. The first-order chi connectivity index (χ1) is 19.8. The highest BCUT2D eigenvalue weighted by molar-refractivity contribution is 8.00. The fourth-order valence-electron chi connectivity index (χ4n) is 5.32. The van der Waals surface area contributed by atoms with Crippen LogP contribution in [0.2, 0.25) is 5.02 Å². The zero-order valence-corrected chi connectivity index (χ0v) is 24.4. The summed E-state index contributed by atoms with van der Waals surface area (Å²) in [4.78, 5) is 55.7. The Bertz CT molecular complexity index is 1730. The molecule has 208 valence electrons. The van der Waals surface area contributed by atoms with E-state index in [1.807, 2.05) is 37.3 Å². The summed E-state index contributed by atoms with van der Waals surface area (Å²) >= 11 is 8.35. The molecule has 1 N–H and O–H groups in total. The second-order valence-electron chi connectivity index (χ2n) is 9.79. The third-order valence-electron chi connectivity index (χ3n) is 7.33. The summed E-state index contributed by atoms with van der Waals surface area (Å²) in [6.07, 6.45) is 0. The Kier molecular flexibility index (Phi) is 7.23. The summed E-state index contributed by atoms with van der Waals surface area (Å²) < 4.78 is 6.64. The van der Waals surface area contributed by atoms with Crippen LogP contribution in [0.4, 0.5) is 11.4 Å². The van der Waals surface area contributed by atoms with Crippen molar-refractivity contribution in [1.82, 2.24) is 4.57 Å². The molecule has 1 fully saturated rings. The molecule has 3 aromatic carbocycles. The predicted octanol–water partition coefficient (Wildman–Crippen LogP) is 5.31. The summed E-state index contributed by atoms with van der Waals surface area (Å²) in [5.74, 6) is -1.76. The first-order valence-corrected chi connectivity index (χ1v) is 14.9. The third kappa shape index (κ3) is 4.86. The molecule has 8 nitrogen and oxygen atoms in total. The van der Waals surface area contributed by atoms with Crippen molar-refractivity contribution >= 4 is 63.8 Å². The molecule has 41 heavy (non-hydrogen) atoms. The van der Waals surface area contributed by atoms with E-state index in [9.17, 15) is 19.2 Å².